The molecule has 1 aliphatic heterocycles. The second-order valence-electron chi connectivity index (χ2n) is 6.03. The predicted molar refractivity (Wildman–Crippen MR) is 91.9 cm³/mol. The Bertz CT molecular complexity index is 831. The van der Waals surface area contributed by atoms with Crippen molar-refractivity contribution in [3.63, 3.8) is 0 Å². The van der Waals surface area contributed by atoms with Crippen molar-refractivity contribution in [1.82, 2.24) is 0 Å². The largest absolute Gasteiger partial charge is 0.399 e. The molecule has 2 aromatic carbocycles. The summed E-state index contributed by atoms with van der Waals surface area (Å²) in [5.74, 6) is -0.384. The van der Waals surface area contributed by atoms with Crippen LogP contribution in [0.5, 0.6) is 0 Å². The molecule has 0 bridgehead atoms. The summed E-state index contributed by atoms with van der Waals surface area (Å²) < 4.78 is 0. The molecule has 0 spiro atoms. The summed E-state index contributed by atoms with van der Waals surface area (Å²) in [7, 11) is 0. The Morgan fingerprint density at radius 2 is 1.96 bits per heavy atom. The topological polar surface area (TPSA) is 84.2 Å². The van der Waals surface area contributed by atoms with Crippen molar-refractivity contribution in [2.24, 2.45) is 0 Å². The number of fused-ring (bicyclic) bond motifs is 1. The molecule has 0 unspecified atom stereocenters. The minimum Gasteiger partial charge on any atom is -0.399 e. The van der Waals surface area contributed by atoms with Gasteiger partial charge in [-0.3, -0.25) is 9.59 Å². The molecule has 1 heterocycles. The smallest absolute Gasteiger partial charge is 0.255 e. The number of nitrogens with two attached hydrogens (primary N) is 1. The molecule has 0 saturated heterocycles. The first-order valence-electron chi connectivity index (χ1n) is 7.11. The Morgan fingerprint density at radius 1 is 1.22 bits per heavy atom. The van der Waals surface area contributed by atoms with Crippen LogP contribution >= 0.6 is 11.6 Å². The van der Waals surface area contributed by atoms with Crippen molar-refractivity contribution in [3.05, 3.63) is 52.5 Å². The van der Waals surface area contributed by atoms with Crippen molar-refractivity contribution < 1.29 is 9.59 Å². The summed E-state index contributed by atoms with van der Waals surface area (Å²) in [6.07, 6.45) is 0. The van der Waals surface area contributed by atoms with Crippen LogP contribution in [0.2, 0.25) is 5.02 Å². The second kappa shape index (κ2) is 5.28. The Kier molecular flexibility index (Phi) is 3.53. The van der Waals surface area contributed by atoms with Crippen LogP contribution in [0.1, 0.15) is 29.8 Å². The maximum absolute atomic E-state index is 12.4. The molecule has 6 heteroatoms. The highest BCUT2D eigenvalue weighted by Crippen LogP contribution is 2.37. The van der Waals surface area contributed by atoms with Gasteiger partial charge in [0.05, 0.1) is 16.1 Å². The number of amides is 2. The van der Waals surface area contributed by atoms with Crippen molar-refractivity contribution in [2.75, 3.05) is 16.4 Å². The van der Waals surface area contributed by atoms with Crippen molar-refractivity contribution in [1.29, 1.82) is 0 Å². The van der Waals surface area contributed by atoms with Gasteiger partial charge in [0.2, 0.25) is 5.91 Å². The van der Waals surface area contributed by atoms with Crippen LogP contribution in [-0.2, 0) is 10.2 Å². The first kappa shape index (κ1) is 15.4. The van der Waals surface area contributed by atoms with Crippen LogP contribution in [0.15, 0.2) is 36.4 Å². The van der Waals surface area contributed by atoms with Crippen molar-refractivity contribution in [3.8, 4) is 0 Å². The molecule has 0 radical (unpaired) electrons. The fourth-order valence-corrected chi connectivity index (χ4v) is 2.80. The molecule has 2 aromatic rings. The molecule has 0 atom stereocenters. The number of halogens is 1. The van der Waals surface area contributed by atoms with Crippen LogP contribution < -0.4 is 16.4 Å². The zero-order valence-electron chi connectivity index (χ0n) is 12.7. The summed E-state index contributed by atoms with van der Waals surface area (Å²) in [5, 5.41) is 5.91. The monoisotopic (exact) mass is 329 g/mol. The maximum atomic E-state index is 12.4. The number of carbonyl (C=O) groups is 2. The third-order valence-corrected chi connectivity index (χ3v) is 4.33. The number of rotatable bonds is 2. The van der Waals surface area contributed by atoms with E-state index < -0.39 is 5.41 Å². The number of nitrogens with one attached hydrogen (secondary N) is 2. The average molecular weight is 330 g/mol. The van der Waals surface area contributed by atoms with Gasteiger partial charge in [0.1, 0.15) is 0 Å². The van der Waals surface area contributed by atoms with Gasteiger partial charge in [-0.2, -0.15) is 0 Å². The number of benzene rings is 2. The van der Waals surface area contributed by atoms with Crippen molar-refractivity contribution >= 4 is 40.5 Å². The van der Waals surface area contributed by atoms with Crippen LogP contribution in [0.4, 0.5) is 17.1 Å². The van der Waals surface area contributed by atoms with E-state index >= 15 is 0 Å². The third-order valence-electron chi connectivity index (χ3n) is 4.01. The zero-order valence-corrected chi connectivity index (χ0v) is 13.5. The summed E-state index contributed by atoms with van der Waals surface area (Å²) >= 11 is 6.06. The predicted octanol–water partition coefficient (Wildman–Crippen LogP) is 3.40. The second-order valence-corrected chi connectivity index (χ2v) is 6.44. The summed E-state index contributed by atoms with van der Waals surface area (Å²) in [6.45, 7) is 3.70. The molecule has 1 aliphatic rings. The average Bonchev–Trinajstić information content (AvgIpc) is 2.71. The molecular formula is C17H16ClN3O2. The fraction of sp³-hybridized carbons (Fsp3) is 0.176. The van der Waals surface area contributed by atoms with E-state index in [0.717, 1.165) is 5.56 Å². The number of hydrogen-bond acceptors (Lipinski definition) is 3. The van der Waals surface area contributed by atoms with Gasteiger partial charge in [0, 0.05) is 16.9 Å². The quantitative estimate of drug-likeness (QED) is 0.738. The third kappa shape index (κ3) is 2.64. The highest BCUT2D eigenvalue weighted by atomic mass is 35.5. The standard InChI is InChI=1S/C17H16ClN3O2/c1-17(2)11-5-3-9(7-14(11)21-16(17)23)15(22)20-13-6-4-10(19)8-12(13)18/h3-8H,19H2,1-2H3,(H,20,22)(H,21,23). The number of nitrogen functional groups attached to an aromatic ring is 1. The molecule has 0 aromatic heterocycles. The van der Waals surface area contributed by atoms with Crippen LogP contribution in [0.3, 0.4) is 0 Å². The normalized spacial score (nSPS) is 15.0. The number of carbonyl (C=O) groups excluding carboxylic acids is 2. The minimum absolute atomic E-state index is 0.0772. The molecule has 118 valence electrons. The van der Waals surface area contributed by atoms with Crippen LogP contribution in [-0.4, -0.2) is 11.8 Å². The molecule has 0 saturated carbocycles. The lowest BCUT2D eigenvalue weighted by Crippen LogP contribution is -2.26. The van der Waals surface area contributed by atoms with E-state index in [-0.39, 0.29) is 11.8 Å². The Hall–Kier alpha value is -2.53. The number of hydrogen-bond donors (Lipinski definition) is 3. The molecule has 4 N–H and O–H groups in total. The van der Waals surface area contributed by atoms with Crippen molar-refractivity contribution in [2.45, 2.75) is 19.3 Å². The van der Waals surface area contributed by atoms with Gasteiger partial charge >= 0.3 is 0 Å². The molecule has 5 nitrogen and oxygen atoms in total. The molecule has 2 amide bonds. The molecule has 23 heavy (non-hydrogen) atoms. The number of anilines is 3. The molecular weight excluding hydrogens is 314 g/mol. The van der Waals surface area contributed by atoms with E-state index in [1.54, 1.807) is 36.4 Å². The minimum atomic E-state index is -0.593. The lowest BCUT2D eigenvalue weighted by molar-refractivity contribution is -0.119. The van der Waals surface area contributed by atoms with Gasteiger partial charge in [-0.1, -0.05) is 17.7 Å². The summed E-state index contributed by atoms with van der Waals surface area (Å²) in [6, 6.07) is 10.0. The highest BCUT2D eigenvalue weighted by molar-refractivity contribution is 6.34. The van der Waals surface area contributed by atoms with Gasteiger partial charge in [0.15, 0.2) is 0 Å². The van der Waals surface area contributed by atoms with E-state index in [2.05, 4.69) is 10.6 Å². The van der Waals surface area contributed by atoms with Gasteiger partial charge < -0.3 is 16.4 Å². The van der Waals surface area contributed by atoms with Gasteiger partial charge in [-0.05, 0) is 49.7 Å². The van der Waals surface area contributed by atoms with Gasteiger partial charge in [-0.15, -0.1) is 0 Å². The van der Waals surface area contributed by atoms with Gasteiger partial charge in [-0.25, -0.2) is 0 Å². The van der Waals surface area contributed by atoms with Gasteiger partial charge in [0.25, 0.3) is 5.91 Å². The van der Waals surface area contributed by atoms with E-state index in [1.807, 2.05) is 13.8 Å². The molecule has 0 aliphatic carbocycles. The van der Waals surface area contributed by atoms with E-state index in [9.17, 15) is 9.59 Å². The Labute approximate surface area is 138 Å². The Morgan fingerprint density at radius 3 is 2.65 bits per heavy atom. The Balaban J connectivity index is 1.87. The molecule has 3 rings (SSSR count). The summed E-state index contributed by atoms with van der Waals surface area (Å²) in [4.78, 5) is 24.3. The zero-order chi connectivity index (χ0) is 16.8. The maximum Gasteiger partial charge on any atom is 0.255 e. The lowest BCUT2D eigenvalue weighted by atomic mass is 9.86. The van der Waals surface area contributed by atoms with Crippen LogP contribution in [0, 0.1) is 0 Å². The first-order valence-corrected chi connectivity index (χ1v) is 7.49. The highest BCUT2D eigenvalue weighted by Gasteiger charge is 2.38. The fourth-order valence-electron chi connectivity index (χ4n) is 2.56. The van der Waals surface area contributed by atoms with E-state index in [1.165, 1.54) is 0 Å². The summed E-state index contributed by atoms with van der Waals surface area (Å²) in [5.41, 5.74) is 8.03. The molecule has 0 fully saturated rings. The first-order chi connectivity index (χ1) is 10.8. The van der Waals surface area contributed by atoms with E-state index in [4.69, 9.17) is 17.3 Å². The SMILES string of the molecule is CC1(C)C(=O)Nc2cc(C(=O)Nc3ccc(N)cc3Cl)ccc21. The van der Waals surface area contributed by atoms with Crippen LogP contribution in [0.25, 0.3) is 0 Å². The lowest BCUT2D eigenvalue weighted by Gasteiger charge is -2.15. The van der Waals surface area contributed by atoms with E-state index in [0.29, 0.717) is 27.6 Å².